The lowest BCUT2D eigenvalue weighted by Gasteiger charge is -2.26. The van der Waals surface area contributed by atoms with Crippen LogP contribution in [0, 0.1) is 23.2 Å². The van der Waals surface area contributed by atoms with Crippen LogP contribution in [0.15, 0.2) is 24.3 Å². The number of hydrogen-bond donors (Lipinski definition) is 0. The summed E-state index contributed by atoms with van der Waals surface area (Å²) in [5.41, 5.74) is 0.449. The highest BCUT2D eigenvalue weighted by Gasteiger charge is 2.17. The van der Waals surface area contributed by atoms with Crippen LogP contribution in [0.4, 0.5) is 0 Å². The SMILES string of the molecule is CC(C)CN(CC(C)C)C(=O)COc1ccccc1C#N. The van der Waals surface area contributed by atoms with Gasteiger partial charge in [0.15, 0.2) is 6.61 Å². The molecule has 0 bridgehead atoms. The molecule has 21 heavy (non-hydrogen) atoms. The lowest BCUT2D eigenvalue weighted by atomic mass is 10.1. The summed E-state index contributed by atoms with van der Waals surface area (Å²) in [6.07, 6.45) is 0. The van der Waals surface area contributed by atoms with Crippen molar-refractivity contribution in [2.24, 2.45) is 11.8 Å². The first kappa shape index (κ1) is 17.0. The highest BCUT2D eigenvalue weighted by Crippen LogP contribution is 2.16. The molecule has 0 radical (unpaired) electrons. The molecule has 0 aromatic heterocycles. The quantitative estimate of drug-likeness (QED) is 0.774. The monoisotopic (exact) mass is 288 g/mol. The molecule has 0 aliphatic carbocycles. The first-order valence-electron chi connectivity index (χ1n) is 7.33. The molecule has 4 heteroatoms. The molecule has 0 spiro atoms. The highest BCUT2D eigenvalue weighted by atomic mass is 16.5. The molecule has 0 saturated carbocycles. The zero-order valence-electron chi connectivity index (χ0n) is 13.3. The molecule has 0 saturated heterocycles. The summed E-state index contributed by atoms with van der Waals surface area (Å²) >= 11 is 0. The molecule has 114 valence electrons. The van der Waals surface area contributed by atoms with Crippen LogP contribution in [0.5, 0.6) is 5.75 Å². The lowest BCUT2D eigenvalue weighted by molar-refractivity contribution is -0.134. The van der Waals surface area contributed by atoms with Gasteiger partial charge >= 0.3 is 0 Å². The molecular weight excluding hydrogens is 264 g/mol. The number of nitrogens with zero attached hydrogens (tertiary/aromatic N) is 2. The Morgan fingerprint density at radius 1 is 1.19 bits per heavy atom. The number of benzene rings is 1. The molecule has 0 heterocycles. The maximum absolute atomic E-state index is 12.3. The Bertz CT molecular complexity index is 494. The third kappa shape index (κ3) is 5.86. The van der Waals surface area contributed by atoms with Crippen molar-refractivity contribution in [2.75, 3.05) is 19.7 Å². The van der Waals surface area contributed by atoms with Gasteiger partial charge in [-0.2, -0.15) is 5.26 Å². The van der Waals surface area contributed by atoms with E-state index in [1.54, 1.807) is 24.3 Å². The predicted molar refractivity (Wildman–Crippen MR) is 82.9 cm³/mol. The molecule has 0 fully saturated rings. The van der Waals surface area contributed by atoms with Crippen LogP contribution in [0.2, 0.25) is 0 Å². The van der Waals surface area contributed by atoms with Crippen LogP contribution in [0.25, 0.3) is 0 Å². The first-order valence-corrected chi connectivity index (χ1v) is 7.33. The summed E-state index contributed by atoms with van der Waals surface area (Å²) in [7, 11) is 0. The number of rotatable bonds is 7. The third-order valence-corrected chi connectivity index (χ3v) is 2.88. The summed E-state index contributed by atoms with van der Waals surface area (Å²) < 4.78 is 5.52. The number of amides is 1. The van der Waals surface area contributed by atoms with Crippen molar-refractivity contribution in [1.29, 1.82) is 5.26 Å². The molecule has 1 amide bonds. The fraction of sp³-hybridized carbons (Fsp3) is 0.529. The second kappa shape index (κ2) is 8.31. The summed E-state index contributed by atoms with van der Waals surface area (Å²) in [4.78, 5) is 14.1. The molecular formula is C17H24N2O2. The Morgan fingerprint density at radius 3 is 2.29 bits per heavy atom. The van der Waals surface area contributed by atoms with E-state index in [0.29, 0.717) is 23.1 Å². The number of carbonyl (C=O) groups excluding carboxylic acids is 1. The van der Waals surface area contributed by atoms with E-state index in [-0.39, 0.29) is 12.5 Å². The highest BCUT2D eigenvalue weighted by molar-refractivity contribution is 5.77. The van der Waals surface area contributed by atoms with E-state index in [1.165, 1.54) is 0 Å². The average Bonchev–Trinajstić information content (AvgIpc) is 2.43. The average molecular weight is 288 g/mol. The maximum Gasteiger partial charge on any atom is 0.260 e. The van der Waals surface area contributed by atoms with Crippen molar-refractivity contribution < 1.29 is 9.53 Å². The van der Waals surface area contributed by atoms with Gasteiger partial charge in [-0.15, -0.1) is 0 Å². The minimum absolute atomic E-state index is 0.0296. The van der Waals surface area contributed by atoms with E-state index >= 15 is 0 Å². The van der Waals surface area contributed by atoms with Crippen LogP contribution >= 0.6 is 0 Å². The fourth-order valence-electron chi connectivity index (χ4n) is 2.08. The Balaban J connectivity index is 2.67. The number of nitriles is 1. The number of ether oxygens (including phenoxy) is 1. The topological polar surface area (TPSA) is 53.3 Å². The zero-order valence-corrected chi connectivity index (χ0v) is 13.3. The van der Waals surface area contributed by atoms with Crippen LogP contribution in [-0.4, -0.2) is 30.5 Å². The molecule has 1 aromatic carbocycles. The van der Waals surface area contributed by atoms with E-state index in [1.807, 2.05) is 4.90 Å². The van der Waals surface area contributed by atoms with Crippen LogP contribution in [0.1, 0.15) is 33.3 Å². The second-order valence-corrected chi connectivity index (χ2v) is 5.98. The Hall–Kier alpha value is -2.02. The van der Waals surface area contributed by atoms with Crippen LogP contribution in [-0.2, 0) is 4.79 Å². The van der Waals surface area contributed by atoms with Crippen molar-refractivity contribution in [3.8, 4) is 11.8 Å². The molecule has 0 aliphatic rings. The van der Waals surface area contributed by atoms with Gasteiger partial charge in [0, 0.05) is 13.1 Å². The van der Waals surface area contributed by atoms with Crippen LogP contribution in [0.3, 0.4) is 0 Å². The zero-order chi connectivity index (χ0) is 15.8. The number of hydrogen-bond acceptors (Lipinski definition) is 3. The summed E-state index contributed by atoms with van der Waals surface area (Å²) in [6, 6.07) is 9.02. The Morgan fingerprint density at radius 2 is 1.76 bits per heavy atom. The third-order valence-electron chi connectivity index (χ3n) is 2.88. The normalized spacial score (nSPS) is 10.5. The van der Waals surface area contributed by atoms with E-state index < -0.39 is 0 Å². The summed E-state index contributed by atoms with van der Waals surface area (Å²) in [6.45, 7) is 9.77. The molecule has 1 rings (SSSR count). The molecule has 1 aromatic rings. The fourth-order valence-corrected chi connectivity index (χ4v) is 2.08. The second-order valence-electron chi connectivity index (χ2n) is 5.98. The largest absolute Gasteiger partial charge is 0.482 e. The van der Waals surface area contributed by atoms with E-state index in [9.17, 15) is 4.79 Å². The van der Waals surface area contributed by atoms with Gasteiger partial charge < -0.3 is 9.64 Å². The van der Waals surface area contributed by atoms with Gasteiger partial charge in [-0.25, -0.2) is 0 Å². The van der Waals surface area contributed by atoms with Gasteiger partial charge in [0.2, 0.25) is 0 Å². The minimum Gasteiger partial charge on any atom is -0.482 e. The van der Waals surface area contributed by atoms with Crippen molar-refractivity contribution in [1.82, 2.24) is 4.90 Å². The molecule has 0 N–H and O–H groups in total. The minimum atomic E-state index is -0.0369. The molecule has 0 aliphatic heterocycles. The van der Waals surface area contributed by atoms with Gasteiger partial charge in [-0.3, -0.25) is 4.79 Å². The van der Waals surface area contributed by atoms with Gasteiger partial charge in [0.05, 0.1) is 5.56 Å². The number of para-hydroxylation sites is 1. The number of carbonyl (C=O) groups is 1. The maximum atomic E-state index is 12.3. The van der Waals surface area contributed by atoms with Gasteiger partial charge in [-0.05, 0) is 24.0 Å². The van der Waals surface area contributed by atoms with Gasteiger partial charge in [0.25, 0.3) is 5.91 Å². The van der Waals surface area contributed by atoms with Gasteiger partial charge in [0.1, 0.15) is 11.8 Å². The van der Waals surface area contributed by atoms with Crippen molar-refractivity contribution in [2.45, 2.75) is 27.7 Å². The van der Waals surface area contributed by atoms with Gasteiger partial charge in [-0.1, -0.05) is 39.8 Å². The lowest BCUT2D eigenvalue weighted by Crippen LogP contribution is -2.39. The van der Waals surface area contributed by atoms with Crippen molar-refractivity contribution in [3.05, 3.63) is 29.8 Å². The summed E-state index contributed by atoms with van der Waals surface area (Å²) in [5, 5.41) is 9.01. The smallest absolute Gasteiger partial charge is 0.260 e. The summed E-state index contributed by atoms with van der Waals surface area (Å²) in [5.74, 6) is 1.26. The molecule has 4 nitrogen and oxygen atoms in total. The molecule has 0 unspecified atom stereocenters. The molecule has 0 atom stereocenters. The first-order chi connectivity index (χ1) is 9.93. The van der Waals surface area contributed by atoms with Crippen molar-refractivity contribution in [3.63, 3.8) is 0 Å². The van der Waals surface area contributed by atoms with Crippen LogP contribution < -0.4 is 4.74 Å². The Labute approximate surface area is 127 Å². The standard InChI is InChI=1S/C17H24N2O2/c1-13(2)10-19(11-14(3)4)17(20)12-21-16-8-6-5-7-15(16)9-18/h5-8,13-14H,10-12H2,1-4H3. The predicted octanol–water partition coefficient (Wildman–Crippen LogP) is 3.08. The van der Waals surface area contributed by atoms with E-state index in [2.05, 4.69) is 33.8 Å². The van der Waals surface area contributed by atoms with E-state index in [4.69, 9.17) is 10.00 Å². The Kier molecular flexibility index (Phi) is 6.74. The van der Waals surface area contributed by atoms with Crippen molar-refractivity contribution >= 4 is 5.91 Å². The van der Waals surface area contributed by atoms with E-state index in [0.717, 1.165) is 13.1 Å².